The van der Waals surface area contributed by atoms with E-state index in [2.05, 4.69) is 15.6 Å². The van der Waals surface area contributed by atoms with Gasteiger partial charge >= 0.3 is 0 Å². The second kappa shape index (κ2) is 14.8. The number of rotatable bonds is 12. The second-order valence-electron chi connectivity index (χ2n) is 11.9. The highest BCUT2D eigenvalue weighted by atomic mass is 35.5. The van der Waals surface area contributed by atoms with Gasteiger partial charge in [-0.05, 0) is 37.2 Å². The molecule has 248 valence electrons. The molecule has 3 aromatic heterocycles. The summed E-state index contributed by atoms with van der Waals surface area (Å²) in [6, 6.07) is 19.3. The number of methoxy groups -OCH3 is 1. The first-order valence-electron chi connectivity index (χ1n) is 15.8. The number of nitrogens with zero attached hydrogens (tertiary/aromatic N) is 4. The molecule has 10 nitrogen and oxygen atoms in total. The van der Waals surface area contributed by atoms with Crippen LogP contribution in [0.2, 0.25) is 10.0 Å². The Morgan fingerprint density at radius 3 is 2.46 bits per heavy atom. The number of aromatic nitrogens is 3. The molecule has 1 atom stereocenters. The van der Waals surface area contributed by atoms with E-state index in [9.17, 15) is 9.59 Å². The lowest BCUT2D eigenvalue weighted by Crippen LogP contribution is -2.35. The maximum atomic E-state index is 13.2. The number of halogens is 2. The minimum Gasteiger partial charge on any atom is -0.481 e. The molecule has 1 fully saturated rings. The van der Waals surface area contributed by atoms with Gasteiger partial charge in [-0.2, -0.15) is 0 Å². The summed E-state index contributed by atoms with van der Waals surface area (Å²) in [5.74, 6) is 0.592. The van der Waals surface area contributed by atoms with Crippen molar-refractivity contribution >= 4 is 34.8 Å². The van der Waals surface area contributed by atoms with Crippen molar-refractivity contribution in [2.24, 2.45) is 5.73 Å². The highest BCUT2D eigenvalue weighted by Gasteiger charge is 2.21. The van der Waals surface area contributed by atoms with Gasteiger partial charge < -0.3 is 26.0 Å². The van der Waals surface area contributed by atoms with Crippen molar-refractivity contribution in [2.45, 2.75) is 32.0 Å². The van der Waals surface area contributed by atoms with Gasteiger partial charge in [-0.15, -0.1) is 0 Å². The number of nitrogens with one attached hydrogen (secondary N) is 2. The Balaban J connectivity index is 1.27. The summed E-state index contributed by atoms with van der Waals surface area (Å²) >= 11 is 14.2. The third-order valence-electron chi connectivity index (χ3n) is 8.53. The number of fused-ring (bicyclic) bond motifs is 1. The van der Waals surface area contributed by atoms with E-state index in [4.69, 9.17) is 38.7 Å². The highest BCUT2D eigenvalue weighted by Crippen LogP contribution is 2.42. The summed E-state index contributed by atoms with van der Waals surface area (Å²) in [4.78, 5) is 36.0. The van der Waals surface area contributed by atoms with E-state index in [0.29, 0.717) is 72.0 Å². The number of amides is 1. The fraction of sp³-hybridized carbons (Fsp3) is 0.278. The number of nitrogens with two attached hydrogens (primary N) is 1. The number of pyridine rings is 2. The van der Waals surface area contributed by atoms with E-state index in [1.54, 1.807) is 23.9 Å². The lowest BCUT2D eigenvalue weighted by atomic mass is 9.97. The van der Waals surface area contributed by atoms with Crippen molar-refractivity contribution in [1.82, 2.24) is 29.9 Å². The Bertz CT molecular complexity index is 2030. The molecule has 0 radical (unpaired) electrons. The van der Waals surface area contributed by atoms with Gasteiger partial charge in [0.2, 0.25) is 11.8 Å². The standard InChI is InChI=1S/C36H37Cl2N7O3/c1-44(16-14-39)21-24-19-41-31-17-22(13-15-45(31)36(24)47)26-5-3-6-27(33(26)37)28-7-4-8-29(34(28)38)30-11-9-23(35(43-30)48-2)18-40-20-25-10-12-32(46)42-25/h3-9,11,13,15,17,19,25,40H,10,12,14,16,18,20-21,39H2,1-2H3,(H,42,46)/t25-/m0/s1. The maximum absolute atomic E-state index is 13.2. The summed E-state index contributed by atoms with van der Waals surface area (Å²) in [6.45, 7) is 2.88. The van der Waals surface area contributed by atoms with Gasteiger partial charge in [-0.3, -0.25) is 14.0 Å². The Morgan fingerprint density at radius 1 is 1.02 bits per heavy atom. The molecule has 48 heavy (non-hydrogen) atoms. The topological polar surface area (TPSA) is 127 Å². The molecule has 1 aliphatic rings. The number of carbonyl (C=O) groups excluding carboxylic acids is 1. The van der Waals surface area contributed by atoms with E-state index in [-0.39, 0.29) is 17.5 Å². The first-order valence-corrected chi connectivity index (χ1v) is 16.5. The Hall–Kier alpha value is -4.32. The van der Waals surface area contributed by atoms with Crippen LogP contribution in [0.4, 0.5) is 0 Å². The van der Waals surface area contributed by atoms with Crippen molar-refractivity contribution in [2.75, 3.05) is 33.8 Å². The zero-order valence-corrected chi connectivity index (χ0v) is 28.3. The van der Waals surface area contributed by atoms with Gasteiger partial charge in [0.05, 0.1) is 28.4 Å². The van der Waals surface area contributed by atoms with Crippen molar-refractivity contribution in [3.63, 3.8) is 0 Å². The summed E-state index contributed by atoms with van der Waals surface area (Å²) in [6.07, 6.45) is 4.76. The molecule has 0 bridgehead atoms. The lowest BCUT2D eigenvalue weighted by molar-refractivity contribution is -0.119. The number of likely N-dealkylation sites (N-methyl/N-ethyl adjacent to an activating group) is 1. The third-order valence-corrected chi connectivity index (χ3v) is 9.34. The average molecular weight is 687 g/mol. The van der Waals surface area contributed by atoms with Crippen LogP contribution in [0, 0.1) is 0 Å². The second-order valence-corrected chi connectivity index (χ2v) is 12.6. The molecule has 0 aliphatic carbocycles. The van der Waals surface area contributed by atoms with E-state index >= 15 is 0 Å². The van der Waals surface area contributed by atoms with Gasteiger partial charge in [0.1, 0.15) is 5.65 Å². The molecule has 4 N–H and O–H groups in total. The molecular weight excluding hydrogens is 649 g/mol. The highest BCUT2D eigenvalue weighted by molar-refractivity contribution is 6.39. The van der Waals surface area contributed by atoms with Crippen LogP contribution in [0.5, 0.6) is 5.88 Å². The van der Waals surface area contributed by atoms with Crippen molar-refractivity contribution in [3.05, 3.63) is 105 Å². The summed E-state index contributed by atoms with van der Waals surface area (Å²) < 4.78 is 7.19. The quantitative estimate of drug-likeness (QED) is 0.164. The Labute approximate surface area is 288 Å². The number of hydrogen-bond donors (Lipinski definition) is 3. The molecule has 5 aromatic rings. The molecule has 0 saturated carbocycles. The number of carbonyl (C=O) groups is 1. The average Bonchev–Trinajstić information content (AvgIpc) is 3.51. The van der Waals surface area contributed by atoms with Gasteiger partial charge in [0.15, 0.2) is 0 Å². The first-order chi connectivity index (χ1) is 23.3. The molecular formula is C36H37Cl2N7O3. The van der Waals surface area contributed by atoms with Crippen molar-refractivity contribution in [1.29, 1.82) is 0 Å². The third kappa shape index (κ3) is 7.08. The SMILES string of the molecule is COc1nc(-c2cccc(-c3cccc(-c4ccn5c(=O)c(CN(C)CCN)cnc5c4)c3Cl)c2Cl)ccc1CNC[C@@H]1CCC(=O)N1. The van der Waals surface area contributed by atoms with E-state index in [1.165, 1.54) is 0 Å². The lowest BCUT2D eigenvalue weighted by Gasteiger charge is -2.16. The van der Waals surface area contributed by atoms with E-state index < -0.39 is 0 Å². The molecule has 12 heteroatoms. The zero-order chi connectivity index (χ0) is 33.8. The van der Waals surface area contributed by atoms with Crippen LogP contribution in [0.3, 0.4) is 0 Å². The minimum atomic E-state index is -0.118. The molecule has 0 spiro atoms. The number of ether oxygens (including phenoxy) is 1. The molecule has 6 rings (SSSR count). The van der Waals surface area contributed by atoms with E-state index in [1.807, 2.05) is 72.6 Å². The fourth-order valence-electron chi connectivity index (χ4n) is 6.02. The van der Waals surface area contributed by atoms with Crippen LogP contribution in [0.25, 0.3) is 39.2 Å². The molecule has 4 heterocycles. The smallest absolute Gasteiger partial charge is 0.262 e. The van der Waals surface area contributed by atoms with Crippen molar-refractivity contribution < 1.29 is 9.53 Å². The summed E-state index contributed by atoms with van der Waals surface area (Å²) in [5, 5.41) is 7.39. The predicted molar refractivity (Wildman–Crippen MR) is 190 cm³/mol. The molecule has 0 unspecified atom stereocenters. The number of hydrogen-bond acceptors (Lipinski definition) is 8. The minimum absolute atomic E-state index is 0.0958. The van der Waals surface area contributed by atoms with Gasteiger partial charge in [0.25, 0.3) is 5.56 Å². The van der Waals surface area contributed by atoms with Gasteiger partial charge in [0, 0.05) is 85.4 Å². The maximum Gasteiger partial charge on any atom is 0.262 e. The largest absolute Gasteiger partial charge is 0.481 e. The van der Waals surface area contributed by atoms with Gasteiger partial charge in [-0.25, -0.2) is 9.97 Å². The fourth-order valence-corrected chi connectivity index (χ4v) is 6.68. The molecule has 1 saturated heterocycles. The predicted octanol–water partition coefficient (Wildman–Crippen LogP) is 5.16. The van der Waals surface area contributed by atoms with Crippen LogP contribution >= 0.6 is 23.2 Å². The molecule has 2 aromatic carbocycles. The van der Waals surface area contributed by atoms with Gasteiger partial charge in [-0.1, -0.05) is 65.7 Å². The number of benzene rings is 2. The Morgan fingerprint density at radius 2 is 1.75 bits per heavy atom. The van der Waals surface area contributed by atoms with Crippen LogP contribution < -0.4 is 26.7 Å². The summed E-state index contributed by atoms with van der Waals surface area (Å²) in [7, 11) is 3.52. The van der Waals surface area contributed by atoms with E-state index in [0.717, 1.165) is 39.8 Å². The van der Waals surface area contributed by atoms with Crippen molar-refractivity contribution in [3.8, 4) is 39.4 Å². The van der Waals surface area contributed by atoms with Crippen LogP contribution in [0.15, 0.2) is 77.9 Å². The molecule has 1 amide bonds. The monoisotopic (exact) mass is 685 g/mol. The first kappa shape index (κ1) is 33.6. The van der Waals surface area contributed by atoms with Crippen LogP contribution in [-0.2, 0) is 17.9 Å². The summed E-state index contributed by atoms with van der Waals surface area (Å²) in [5.41, 5.74) is 12.1. The molecule has 1 aliphatic heterocycles. The zero-order valence-electron chi connectivity index (χ0n) is 26.8. The van der Waals surface area contributed by atoms with Crippen LogP contribution in [-0.4, -0.2) is 65.0 Å². The van der Waals surface area contributed by atoms with Crippen LogP contribution in [0.1, 0.15) is 24.0 Å². The Kier molecular flexibility index (Phi) is 10.4. The normalized spacial score (nSPS) is 14.5.